The Morgan fingerprint density at radius 1 is 1.31 bits per heavy atom. The zero-order chi connectivity index (χ0) is 10.7. The Hall–Kier alpha value is -0.720. The summed E-state index contributed by atoms with van der Waals surface area (Å²) < 4.78 is 0. The van der Waals surface area contributed by atoms with E-state index >= 15 is 0 Å². The molecule has 0 aromatic rings. The van der Waals surface area contributed by atoms with E-state index in [1.165, 1.54) is 12.8 Å². The van der Waals surface area contributed by atoms with Crippen LogP contribution < -0.4 is 0 Å². The topological polar surface area (TPSA) is 3.24 Å². The van der Waals surface area contributed by atoms with Gasteiger partial charge in [0.25, 0.3) is 0 Å². The van der Waals surface area contributed by atoms with Crippen molar-refractivity contribution < 1.29 is 0 Å². The van der Waals surface area contributed by atoms with Crippen molar-refractivity contribution in [3.05, 3.63) is 25.4 Å². The van der Waals surface area contributed by atoms with E-state index < -0.39 is 0 Å². The zero-order valence-corrected chi connectivity index (χ0v) is 9.71. The molecule has 1 nitrogen and oxygen atoms in total. The van der Waals surface area contributed by atoms with Crippen LogP contribution in [-0.2, 0) is 0 Å². The third kappa shape index (κ3) is 11.3. The molecule has 0 aliphatic rings. The second-order valence-electron chi connectivity index (χ2n) is 3.02. The highest BCUT2D eigenvalue weighted by molar-refractivity contribution is 4.75. The van der Waals surface area contributed by atoms with E-state index in [-0.39, 0.29) is 0 Å². The van der Waals surface area contributed by atoms with Crippen LogP contribution in [0.15, 0.2) is 25.4 Å². The van der Waals surface area contributed by atoms with Crippen LogP contribution in [0.1, 0.15) is 33.6 Å². The Kier molecular flexibility index (Phi) is 12.8. The Bertz CT molecular complexity index is 104. The molecule has 0 saturated heterocycles. The average Bonchev–Trinajstić information content (AvgIpc) is 2.20. The molecular weight excluding hydrogens is 158 g/mol. The van der Waals surface area contributed by atoms with Gasteiger partial charge in [0.2, 0.25) is 0 Å². The maximum Gasteiger partial charge on any atom is 0.0169 e. The normalized spacial score (nSPS) is 10.8. The molecule has 0 heterocycles. The summed E-state index contributed by atoms with van der Waals surface area (Å²) in [6.45, 7) is 14.7. The summed E-state index contributed by atoms with van der Waals surface area (Å²) in [7, 11) is 2.05. The van der Waals surface area contributed by atoms with E-state index in [2.05, 4.69) is 25.0 Å². The highest BCUT2D eigenvalue weighted by atomic mass is 15.1. The van der Waals surface area contributed by atoms with Gasteiger partial charge in [0.1, 0.15) is 0 Å². The summed E-state index contributed by atoms with van der Waals surface area (Å²) in [5, 5.41) is 0. The molecule has 1 atom stereocenters. The lowest BCUT2D eigenvalue weighted by Crippen LogP contribution is -2.12. The summed E-state index contributed by atoms with van der Waals surface area (Å²) in [4.78, 5) is 2.11. The van der Waals surface area contributed by atoms with Gasteiger partial charge in [0.15, 0.2) is 0 Å². The van der Waals surface area contributed by atoms with Crippen molar-refractivity contribution >= 4 is 0 Å². The minimum Gasteiger partial charge on any atom is -0.381 e. The first-order valence-electron chi connectivity index (χ1n) is 5.16. The smallest absolute Gasteiger partial charge is 0.0169 e. The maximum atomic E-state index is 3.74. The van der Waals surface area contributed by atoms with Crippen LogP contribution in [0.4, 0.5) is 0 Å². The van der Waals surface area contributed by atoms with Crippen molar-refractivity contribution in [3.63, 3.8) is 0 Å². The predicted molar refractivity (Wildman–Crippen MR) is 62.8 cm³/mol. The van der Waals surface area contributed by atoms with Gasteiger partial charge in [-0.1, -0.05) is 33.4 Å². The Morgan fingerprint density at radius 2 is 1.85 bits per heavy atom. The van der Waals surface area contributed by atoms with Gasteiger partial charge in [0.05, 0.1) is 0 Å². The first-order chi connectivity index (χ1) is 6.20. The summed E-state index contributed by atoms with van der Waals surface area (Å²) in [5.74, 6) is 0.646. The standard InChI is InChI=1S/C10H19N.C2H6/c1-5-10(3)8-7-9-11(4)6-2;1-2/h5-6,10H,1-2,7-9H2,3-4H3;1-2H3. The van der Waals surface area contributed by atoms with Crippen molar-refractivity contribution in [2.24, 2.45) is 5.92 Å². The molecule has 78 valence electrons. The van der Waals surface area contributed by atoms with Crippen LogP contribution in [0, 0.1) is 5.92 Å². The van der Waals surface area contributed by atoms with E-state index in [9.17, 15) is 0 Å². The molecule has 0 saturated carbocycles. The number of hydrogen-bond acceptors (Lipinski definition) is 1. The van der Waals surface area contributed by atoms with Gasteiger partial charge >= 0.3 is 0 Å². The molecule has 0 aromatic carbocycles. The first kappa shape index (κ1) is 14.8. The van der Waals surface area contributed by atoms with Gasteiger partial charge in [-0.25, -0.2) is 0 Å². The minimum absolute atomic E-state index is 0.646. The van der Waals surface area contributed by atoms with Crippen molar-refractivity contribution in [2.75, 3.05) is 13.6 Å². The maximum absolute atomic E-state index is 3.74. The Labute approximate surface area is 84.1 Å². The molecule has 13 heavy (non-hydrogen) atoms. The minimum atomic E-state index is 0.646. The molecule has 0 radical (unpaired) electrons. The largest absolute Gasteiger partial charge is 0.381 e. The van der Waals surface area contributed by atoms with Crippen LogP contribution in [0.2, 0.25) is 0 Å². The number of nitrogens with zero attached hydrogens (tertiary/aromatic N) is 1. The molecule has 1 unspecified atom stereocenters. The van der Waals surface area contributed by atoms with Crippen LogP contribution in [0.5, 0.6) is 0 Å². The summed E-state index contributed by atoms with van der Waals surface area (Å²) in [5.41, 5.74) is 0. The lowest BCUT2D eigenvalue weighted by molar-refractivity contribution is 0.423. The number of allylic oxidation sites excluding steroid dienone is 1. The van der Waals surface area contributed by atoms with Crippen LogP contribution in [0.3, 0.4) is 0 Å². The second-order valence-corrected chi connectivity index (χ2v) is 3.02. The first-order valence-corrected chi connectivity index (χ1v) is 5.16. The van der Waals surface area contributed by atoms with Gasteiger partial charge in [0, 0.05) is 13.6 Å². The molecule has 0 aliphatic heterocycles. The summed E-state index contributed by atoms with van der Waals surface area (Å²) in [6.07, 6.45) is 6.31. The van der Waals surface area contributed by atoms with Crippen molar-refractivity contribution in [1.29, 1.82) is 0 Å². The van der Waals surface area contributed by atoms with Gasteiger partial charge in [-0.15, -0.1) is 6.58 Å². The lowest BCUT2D eigenvalue weighted by atomic mass is 10.1. The molecular formula is C12H25N. The predicted octanol–water partition coefficient (Wildman–Crippen LogP) is 3.69. The van der Waals surface area contributed by atoms with Gasteiger partial charge in [-0.3, -0.25) is 0 Å². The highest BCUT2D eigenvalue weighted by Gasteiger charge is 1.96. The fraction of sp³-hybridized carbons (Fsp3) is 0.667. The number of rotatable bonds is 6. The third-order valence-electron chi connectivity index (χ3n) is 1.88. The average molecular weight is 183 g/mol. The SMILES string of the molecule is C=CC(C)CCCN(C)C=C.CC. The third-order valence-corrected chi connectivity index (χ3v) is 1.88. The van der Waals surface area contributed by atoms with Crippen LogP contribution in [0.25, 0.3) is 0 Å². The van der Waals surface area contributed by atoms with E-state index in [0.717, 1.165) is 6.54 Å². The Morgan fingerprint density at radius 3 is 2.23 bits per heavy atom. The van der Waals surface area contributed by atoms with Crippen molar-refractivity contribution in [3.8, 4) is 0 Å². The summed E-state index contributed by atoms with van der Waals surface area (Å²) in [6, 6.07) is 0. The van der Waals surface area contributed by atoms with E-state index in [4.69, 9.17) is 0 Å². The van der Waals surface area contributed by atoms with Gasteiger partial charge < -0.3 is 4.90 Å². The van der Waals surface area contributed by atoms with Gasteiger partial charge in [-0.2, -0.15) is 0 Å². The fourth-order valence-electron chi connectivity index (χ4n) is 0.872. The van der Waals surface area contributed by atoms with Crippen molar-refractivity contribution in [1.82, 2.24) is 4.90 Å². The molecule has 0 rings (SSSR count). The summed E-state index contributed by atoms with van der Waals surface area (Å²) >= 11 is 0. The van der Waals surface area contributed by atoms with E-state index in [1.54, 1.807) is 0 Å². The monoisotopic (exact) mass is 183 g/mol. The number of hydrogen-bond donors (Lipinski definition) is 0. The highest BCUT2D eigenvalue weighted by Crippen LogP contribution is 2.06. The fourth-order valence-corrected chi connectivity index (χ4v) is 0.872. The molecule has 0 bridgehead atoms. The van der Waals surface area contributed by atoms with Crippen molar-refractivity contribution in [2.45, 2.75) is 33.6 Å². The van der Waals surface area contributed by atoms with Crippen LogP contribution in [-0.4, -0.2) is 18.5 Å². The molecule has 0 amide bonds. The van der Waals surface area contributed by atoms with Crippen LogP contribution >= 0.6 is 0 Å². The van der Waals surface area contributed by atoms with E-state index in [1.807, 2.05) is 33.2 Å². The quantitative estimate of drug-likeness (QED) is 0.568. The molecule has 0 fully saturated rings. The Balaban J connectivity index is 0. The molecule has 0 aliphatic carbocycles. The second kappa shape index (κ2) is 11.3. The molecule has 1 heteroatoms. The molecule has 0 N–H and O–H groups in total. The molecule has 0 spiro atoms. The van der Waals surface area contributed by atoms with E-state index in [0.29, 0.717) is 5.92 Å². The lowest BCUT2D eigenvalue weighted by Gasteiger charge is -2.13. The van der Waals surface area contributed by atoms with Gasteiger partial charge in [-0.05, 0) is 25.0 Å². The zero-order valence-electron chi connectivity index (χ0n) is 9.71. The molecule has 0 aromatic heterocycles.